The molecule has 0 amide bonds. The molecule has 0 aliphatic rings. The Hall–Kier alpha value is -1.38. The maximum Gasteiger partial charge on any atom is 0.238 e. The van der Waals surface area contributed by atoms with Crippen LogP contribution in [0.3, 0.4) is 0 Å². The first-order chi connectivity index (χ1) is 8.66. The monoisotopic (exact) mass is 280 g/mol. The molecule has 0 aliphatic heterocycles. The van der Waals surface area contributed by atoms with E-state index >= 15 is 0 Å². The van der Waals surface area contributed by atoms with E-state index in [4.69, 9.17) is 5.14 Å². The van der Waals surface area contributed by atoms with E-state index in [9.17, 15) is 13.7 Å². The Labute approximate surface area is 115 Å². The Kier molecular flexibility index (Phi) is 4.72. The van der Waals surface area contributed by atoms with Crippen LogP contribution < -0.4 is 5.14 Å². The summed E-state index contributed by atoms with van der Waals surface area (Å²) in [6, 6.07) is 5.35. The van der Waals surface area contributed by atoms with Crippen molar-refractivity contribution in [2.24, 2.45) is 11.1 Å². The van der Waals surface area contributed by atoms with Gasteiger partial charge in [0.2, 0.25) is 10.0 Å². The fourth-order valence-electron chi connectivity index (χ4n) is 2.05. The number of rotatable bonds is 4. The Bertz CT molecular complexity index is 611. The third kappa shape index (κ3) is 3.79. The van der Waals surface area contributed by atoms with Crippen LogP contribution in [0.2, 0.25) is 0 Å². The zero-order chi connectivity index (χ0) is 14.8. The molecule has 104 valence electrons. The molecular weight excluding hydrogens is 260 g/mol. The van der Waals surface area contributed by atoms with Gasteiger partial charge in [0.1, 0.15) is 0 Å². The van der Waals surface area contributed by atoms with Gasteiger partial charge in [-0.2, -0.15) is 5.26 Å². The molecule has 19 heavy (non-hydrogen) atoms. The molecule has 0 unspecified atom stereocenters. The van der Waals surface area contributed by atoms with Crippen LogP contribution in [0.5, 0.6) is 0 Å². The van der Waals surface area contributed by atoms with Crippen LogP contribution in [-0.2, 0) is 16.4 Å². The van der Waals surface area contributed by atoms with Crippen LogP contribution in [-0.4, -0.2) is 8.42 Å². The average Bonchev–Trinajstić information content (AvgIpc) is 2.26. The van der Waals surface area contributed by atoms with E-state index in [1.165, 1.54) is 0 Å². The molecule has 2 N–H and O–H groups in total. The third-order valence-electron chi connectivity index (χ3n) is 2.91. The Balaban J connectivity index is 3.58. The maximum atomic E-state index is 11.7. The first kappa shape index (κ1) is 15.7. The first-order valence-electron chi connectivity index (χ1n) is 6.26. The summed E-state index contributed by atoms with van der Waals surface area (Å²) in [5.41, 5.74) is 1.88. The lowest BCUT2D eigenvalue weighted by Gasteiger charge is -2.15. The summed E-state index contributed by atoms with van der Waals surface area (Å²) >= 11 is 0. The predicted molar refractivity (Wildman–Crippen MR) is 75.2 cm³/mol. The van der Waals surface area contributed by atoms with Crippen molar-refractivity contribution in [2.75, 3.05) is 0 Å². The number of nitrogens with two attached hydrogens (primary N) is 1. The van der Waals surface area contributed by atoms with Crippen molar-refractivity contribution in [3.8, 4) is 6.07 Å². The molecule has 0 fully saturated rings. The number of nitrogens with zero attached hydrogens (tertiary/aromatic N) is 1. The molecule has 0 atom stereocenters. The number of primary sulfonamides is 1. The number of nitriles is 1. The summed E-state index contributed by atoms with van der Waals surface area (Å²) in [6.45, 7) is 7.81. The van der Waals surface area contributed by atoms with Gasteiger partial charge in [-0.25, -0.2) is 13.6 Å². The number of hydrogen-bond donors (Lipinski definition) is 1. The van der Waals surface area contributed by atoms with Crippen LogP contribution in [0.15, 0.2) is 17.0 Å². The van der Waals surface area contributed by atoms with E-state index in [0.29, 0.717) is 23.5 Å². The summed E-state index contributed by atoms with van der Waals surface area (Å²) in [7, 11) is -3.77. The van der Waals surface area contributed by atoms with Gasteiger partial charge in [0.05, 0.1) is 16.5 Å². The molecule has 1 rings (SSSR count). The average molecular weight is 280 g/mol. The molecule has 0 saturated heterocycles. The van der Waals surface area contributed by atoms with E-state index in [0.717, 1.165) is 5.56 Å². The fraction of sp³-hybridized carbons (Fsp3) is 0.500. The van der Waals surface area contributed by atoms with Crippen molar-refractivity contribution in [3.63, 3.8) is 0 Å². The van der Waals surface area contributed by atoms with Gasteiger partial charge in [0.25, 0.3) is 0 Å². The second kappa shape index (κ2) is 5.72. The highest BCUT2D eigenvalue weighted by Gasteiger charge is 2.20. The van der Waals surface area contributed by atoms with E-state index in [-0.39, 0.29) is 10.8 Å². The lowest BCUT2D eigenvalue weighted by molar-refractivity contribution is 0.594. The summed E-state index contributed by atoms with van der Waals surface area (Å²) < 4.78 is 23.4. The van der Waals surface area contributed by atoms with Gasteiger partial charge in [0, 0.05) is 0 Å². The summed E-state index contributed by atoms with van der Waals surface area (Å²) in [5.74, 6) is 0.332. The Morgan fingerprint density at radius 1 is 1.26 bits per heavy atom. The van der Waals surface area contributed by atoms with Gasteiger partial charge in [-0.3, -0.25) is 0 Å². The summed E-state index contributed by atoms with van der Waals surface area (Å²) in [6.07, 6.45) is 0.657. The molecule has 1 aromatic carbocycles. The van der Waals surface area contributed by atoms with Crippen LogP contribution in [0.25, 0.3) is 0 Å². The molecule has 0 spiro atoms. The van der Waals surface area contributed by atoms with E-state index < -0.39 is 10.0 Å². The largest absolute Gasteiger partial charge is 0.238 e. The molecule has 4 nitrogen and oxygen atoms in total. The van der Waals surface area contributed by atoms with Gasteiger partial charge in [-0.05, 0) is 41.5 Å². The van der Waals surface area contributed by atoms with Crippen molar-refractivity contribution in [2.45, 2.75) is 44.9 Å². The quantitative estimate of drug-likeness (QED) is 0.919. The minimum absolute atomic E-state index is 0.00600. The summed E-state index contributed by atoms with van der Waals surface area (Å²) in [4.78, 5) is 0.136. The Morgan fingerprint density at radius 2 is 1.84 bits per heavy atom. The second-order valence-electron chi connectivity index (χ2n) is 5.46. The zero-order valence-corrected chi connectivity index (χ0v) is 12.6. The maximum absolute atomic E-state index is 11.7. The van der Waals surface area contributed by atoms with Crippen LogP contribution in [0.4, 0.5) is 0 Å². The van der Waals surface area contributed by atoms with Crippen LogP contribution >= 0.6 is 0 Å². The lowest BCUT2D eigenvalue weighted by atomic mass is 9.93. The van der Waals surface area contributed by atoms with Gasteiger partial charge in [-0.1, -0.05) is 27.7 Å². The first-order valence-corrected chi connectivity index (χ1v) is 7.81. The molecule has 1 aromatic rings. The highest BCUT2D eigenvalue weighted by molar-refractivity contribution is 7.89. The fourth-order valence-corrected chi connectivity index (χ4v) is 2.98. The Morgan fingerprint density at radius 3 is 2.21 bits per heavy atom. The van der Waals surface area contributed by atoms with Gasteiger partial charge >= 0.3 is 0 Å². The topological polar surface area (TPSA) is 84.0 Å². The van der Waals surface area contributed by atoms with Crippen molar-refractivity contribution in [1.29, 1.82) is 5.26 Å². The number of sulfonamides is 1. The highest BCUT2D eigenvalue weighted by atomic mass is 32.2. The molecule has 0 bridgehead atoms. The molecule has 0 aromatic heterocycles. The molecule has 0 saturated carbocycles. The number of hydrogen-bond acceptors (Lipinski definition) is 3. The zero-order valence-electron chi connectivity index (χ0n) is 11.8. The second-order valence-corrected chi connectivity index (χ2v) is 6.99. The van der Waals surface area contributed by atoms with E-state index in [1.807, 2.05) is 27.7 Å². The van der Waals surface area contributed by atoms with Gasteiger partial charge < -0.3 is 0 Å². The van der Waals surface area contributed by atoms with Crippen LogP contribution in [0.1, 0.15) is 50.3 Å². The third-order valence-corrected chi connectivity index (χ3v) is 3.88. The van der Waals surface area contributed by atoms with Gasteiger partial charge in [-0.15, -0.1) is 0 Å². The normalized spacial score (nSPS) is 11.9. The minimum atomic E-state index is -3.77. The molecule has 5 heteroatoms. The molecule has 0 aliphatic carbocycles. The highest BCUT2D eigenvalue weighted by Crippen LogP contribution is 2.27. The van der Waals surface area contributed by atoms with E-state index in [2.05, 4.69) is 6.07 Å². The van der Waals surface area contributed by atoms with Crippen molar-refractivity contribution >= 4 is 10.0 Å². The number of benzene rings is 1. The summed E-state index contributed by atoms with van der Waals surface area (Å²) in [5, 5.41) is 14.5. The van der Waals surface area contributed by atoms with Gasteiger partial charge in [0.15, 0.2) is 0 Å². The molecule has 0 heterocycles. The predicted octanol–water partition coefficient (Wildman–Crippen LogP) is 2.53. The molecular formula is C14H20N2O2S. The standard InChI is InChI=1S/C14H20N2O2S/c1-9(2)5-11-7-14(19(16,17)18)13(10(3)4)6-12(11)8-15/h6-7,9-10H,5H2,1-4H3,(H2,16,17,18). The van der Waals surface area contributed by atoms with E-state index in [1.54, 1.807) is 12.1 Å². The lowest BCUT2D eigenvalue weighted by Crippen LogP contribution is -2.16. The van der Waals surface area contributed by atoms with Crippen molar-refractivity contribution < 1.29 is 8.42 Å². The molecule has 0 radical (unpaired) electrons. The van der Waals surface area contributed by atoms with Crippen LogP contribution in [0, 0.1) is 17.2 Å². The van der Waals surface area contributed by atoms with Crippen molar-refractivity contribution in [1.82, 2.24) is 0 Å². The smallest absolute Gasteiger partial charge is 0.225 e. The van der Waals surface area contributed by atoms with Crippen molar-refractivity contribution in [3.05, 3.63) is 28.8 Å². The minimum Gasteiger partial charge on any atom is -0.225 e. The SMILES string of the molecule is CC(C)Cc1cc(S(N)(=O)=O)c(C(C)C)cc1C#N.